The minimum absolute atomic E-state index is 0.167. The van der Waals surface area contributed by atoms with Crippen molar-refractivity contribution in [3.8, 4) is 0 Å². The number of aliphatic carboxylic acids is 1. The van der Waals surface area contributed by atoms with Crippen LogP contribution in [0.1, 0.15) is 53.4 Å². The van der Waals surface area contributed by atoms with Crippen LogP contribution in [0.3, 0.4) is 0 Å². The summed E-state index contributed by atoms with van der Waals surface area (Å²) in [5, 5.41) is 16.5. The molecule has 0 saturated carbocycles. The summed E-state index contributed by atoms with van der Waals surface area (Å²) in [6.45, 7) is 8.26. The number of aliphatic hydroxyl groups is 1. The molecule has 3 nitrogen and oxygen atoms in total. The van der Waals surface area contributed by atoms with Gasteiger partial charge in [0.25, 0.3) is 0 Å². The predicted octanol–water partition coefficient (Wildman–Crippen LogP) is 3.54. The number of carboxylic acid groups (broad SMARTS) is 1. The van der Waals surface area contributed by atoms with Crippen LogP contribution in [-0.2, 0) is 4.79 Å². The van der Waals surface area contributed by atoms with Crippen LogP contribution in [0, 0.1) is 0 Å². The Morgan fingerprint density at radius 3 is 2.00 bits per heavy atom. The summed E-state index contributed by atoms with van der Waals surface area (Å²) in [5.41, 5.74) is 2.63. The van der Waals surface area contributed by atoms with E-state index in [1.165, 1.54) is 11.1 Å². The molecule has 0 spiro atoms. The zero-order valence-electron chi connectivity index (χ0n) is 11.5. The van der Waals surface area contributed by atoms with Gasteiger partial charge in [0.05, 0.1) is 6.61 Å². The molecule has 0 aromatic rings. The second kappa shape index (κ2) is 13.0. The van der Waals surface area contributed by atoms with E-state index in [1.54, 1.807) is 0 Å². The lowest BCUT2D eigenvalue weighted by Gasteiger charge is -1.96. The molecule has 0 aliphatic carbocycles. The number of carbonyl (C=O) groups is 1. The molecule has 0 rings (SSSR count). The Bertz CT molecular complexity index is 248. The Balaban J connectivity index is 0. The number of hydrogen-bond acceptors (Lipinski definition) is 2. The second-order valence-electron chi connectivity index (χ2n) is 4.20. The summed E-state index contributed by atoms with van der Waals surface area (Å²) < 4.78 is 0. The smallest absolute Gasteiger partial charge is 0.303 e. The highest BCUT2D eigenvalue weighted by Crippen LogP contribution is 2.05. The Hall–Kier alpha value is -1.09. The summed E-state index contributed by atoms with van der Waals surface area (Å²) in [6.07, 6.45) is 7.25. The Kier molecular flexibility index (Phi) is 14.0. The summed E-state index contributed by atoms with van der Waals surface area (Å²) >= 11 is 0. The zero-order chi connectivity index (χ0) is 13.7. The average Bonchev–Trinajstić information content (AvgIpc) is 2.18. The Morgan fingerprint density at radius 2 is 1.71 bits per heavy atom. The van der Waals surface area contributed by atoms with E-state index in [0.717, 1.165) is 19.3 Å². The normalized spacial score (nSPS) is 10.3. The van der Waals surface area contributed by atoms with Gasteiger partial charge in [-0.2, -0.15) is 0 Å². The first kappa shape index (κ1) is 18.3. The average molecular weight is 242 g/mol. The number of hydrogen-bond donors (Lipinski definition) is 2. The molecule has 0 heterocycles. The van der Waals surface area contributed by atoms with Crippen molar-refractivity contribution < 1.29 is 15.0 Å². The monoisotopic (exact) mass is 242 g/mol. The zero-order valence-corrected chi connectivity index (χ0v) is 11.5. The molecular formula is C14H26O3. The molecule has 3 heteroatoms. The van der Waals surface area contributed by atoms with Crippen molar-refractivity contribution in [2.24, 2.45) is 0 Å². The van der Waals surface area contributed by atoms with Crippen LogP contribution in [0.4, 0.5) is 0 Å². The van der Waals surface area contributed by atoms with Crippen molar-refractivity contribution in [2.45, 2.75) is 53.4 Å². The molecule has 17 heavy (non-hydrogen) atoms. The van der Waals surface area contributed by atoms with Crippen LogP contribution >= 0.6 is 0 Å². The molecule has 100 valence electrons. The maximum Gasteiger partial charge on any atom is 0.303 e. The van der Waals surface area contributed by atoms with Crippen molar-refractivity contribution in [1.82, 2.24) is 0 Å². The maximum absolute atomic E-state index is 9.60. The first-order valence-electron chi connectivity index (χ1n) is 6.05. The van der Waals surface area contributed by atoms with Gasteiger partial charge >= 0.3 is 5.97 Å². The minimum atomic E-state index is -0.711. The SMILES string of the molecule is CC(C)=CCC/C(C)=C\CO.CCCC(=O)O. The molecule has 0 saturated heterocycles. The van der Waals surface area contributed by atoms with Gasteiger partial charge in [-0.3, -0.25) is 4.79 Å². The summed E-state index contributed by atoms with van der Waals surface area (Å²) in [4.78, 5) is 9.60. The van der Waals surface area contributed by atoms with E-state index in [2.05, 4.69) is 26.8 Å². The van der Waals surface area contributed by atoms with Crippen LogP contribution < -0.4 is 0 Å². The molecule has 0 fully saturated rings. The molecule has 0 aliphatic rings. The van der Waals surface area contributed by atoms with Gasteiger partial charge in [-0.15, -0.1) is 0 Å². The fourth-order valence-electron chi connectivity index (χ4n) is 1.06. The molecule has 0 bridgehead atoms. The van der Waals surface area contributed by atoms with Crippen LogP contribution in [0.2, 0.25) is 0 Å². The first-order valence-corrected chi connectivity index (χ1v) is 6.05. The van der Waals surface area contributed by atoms with Gasteiger partial charge in [0.2, 0.25) is 0 Å². The number of aliphatic hydroxyl groups excluding tert-OH is 1. The van der Waals surface area contributed by atoms with Crippen LogP contribution in [-0.4, -0.2) is 22.8 Å². The van der Waals surface area contributed by atoms with Crippen LogP contribution in [0.15, 0.2) is 23.3 Å². The first-order chi connectivity index (χ1) is 7.93. The maximum atomic E-state index is 9.60. The van der Waals surface area contributed by atoms with Crippen LogP contribution in [0.25, 0.3) is 0 Å². The highest BCUT2D eigenvalue weighted by molar-refractivity contribution is 5.66. The molecule has 0 aliphatic heterocycles. The molecule has 0 radical (unpaired) electrons. The fourth-order valence-corrected chi connectivity index (χ4v) is 1.06. The lowest BCUT2D eigenvalue weighted by molar-refractivity contribution is -0.137. The topological polar surface area (TPSA) is 57.5 Å². The van der Waals surface area contributed by atoms with Gasteiger partial charge in [-0.1, -0.05) is 30.2 Å². The lowest BCUT2D eigenvalue weighted by atomic mass is 10.1. The molecule has 0 amide bonds. The summed E-state index contributed by atoms with van der Waals surface area (Å²) in [6, 6.07) is 0. The molecule has 0 aromatic heterocycles. The minimum Gasteiger partial charge on any atom is -0.481 e. The molecule has 0 aromatic carbocycles. The van der Waals surface area contributed by atoms with Gasteiger partial charge in [0.1, 0.15) is 0 Å². The number of carboxylic acids is 1. The van der Waals surface area contributed by atoms with E-state index >= 15 is 0 Å². The van der Waals surface area contributed by atoms with Crippen molar-refractivity contribution >= 4 is 5.97 Å². The van der Waals surface area contributed by atoms with Gasteiger partial charge < -0.3 is 10.2 Å². The highest BCUT2D eigenvalue weighted by atomic mass is 16.4. The summed E-state index contributed by atoms with van der Waals surface area (Å²) in [7, 11) is 0. The van der Waals surface area contributed by atoms with Gasteiger partial charge in [-0.25, -0.2) is 0 Å². The largest absolute Gasteiger partial charge is 0.481 e. The number of allylic oxidation sites excluding steroid dienone is 3. The van der Waals surface area contributed by atoms with Gasteiger partial charge in [-0.05, 0) is 40.0 Å². The van der Waals surface area contributed by atoms with E-state index in [-0.39, 0.29) is 6.61 Å². The Labute approximate surface area is 105 Å². The van der Waals surface area contributed by atoms with E-state index in [9.17, 15) is 4.79 Å². The van der Waals surface area contributed by atoms with Crippen LogP contribution in [0.5, 0.6) is 0 Å². The third-order valence-electron chi connectivity index (χ3n) is 1.99. The van der Waals surface area contributed by atoms with Crippen molar-refractivity contribution in [1.29, 1.82) is 0 Å². The van der Waals surface area contributed by atoms with Crippen molar-refractivity contribution in [2.75, 3.05) is 6.61 Å². The molecule has 0 unspecified atom stereocenters. The quantitative estimate of drug-likeness (QED) is 0.700. The number of rotatable bonds is 6. The van der Waals surface area contributed by atoms with E-state index in [4.69, 9.17) is 10.2 Å². The summed E-state index contributed by atoms with van der Waals surface area (Å²) in [5.74, 6) is -0.711. The third kappa shape index (κ3) is 20.9. The van der Waals surface area contributed by atoms with E-state index < -0.39 is 5.97 Å². The standard InChI is InChI=1S/C10H18O.C4H8O2/c1-9(2)5-4-6-10(3)7-8-11;1-2-3-4(5)6/h5,7,11H,4,6,8H2,1-3H3;2-3H2,1H3,(H,5,6)/b10-7-;. The molecular weight excluding hydrogens is 216 g/mol. The van der Waals surface area contributed by atoms with Crippen molar-refractivity contribution in [3.63, 3.8) is 0 Å². The molecule has 2 N–H and O–H groups in total. The van der Waals surface area contributed by atoms with Crippen molar-refractivity contribution in [3.05, 3.63) is 23.3 Å². The molecule has 0 atom stereocenters. The van der Waals surface area contributed by atoms with E-state index in [1.807, 2.05) is 13.0 Å². The third-order valence-corrected chi connectivity index (χ3v) is 1.99. The fraction of sp³-hybridized carbons (Fsp3) is 0.643. The second-order valence-corrected chi connectivity index (χ2v) is 4.20. The highest BCUT2D eigenvalue weighted by Gasteiger charge is 1.87. The van der Waals surface area contributed by atoms with E-state index in [0.29, 0.717) is 6.42 Å². The Morgan fingerprint density at radius 1 is 1.12 bits per heavy atom. The van der Waals surface area contributed by atoms with Gasteiger partial charge in [0.15, 0.2) is 0 Å². The lowest BCUT2D eigenvalue weighted by Crippen LogP contribution is -1.90. The predicted molar refractivity (Wildman–Crippen MR) is 72.1 cm³/mol. The van der Waals surface area contributed by atoms with Gasteiger partial charge in [0, 0.05) is 6.42 Å².